The maximum atomic E-state index is 13.8. The standard InChI is InChI=1S/C18H10F10N2O2/c19-15(20,17(23,24)25)13(31)29-11-8-4-5-9-12(11)30(10-6-2-1-3-7-10)14(32)16(21,22)18(26,27)28/h1-9H,(H,29,31). The normalized spacial score (nSPS) is 12.9. The third kappa shape index (κ3) is 4.62. The molecule has 0 aliphatic rings. The highest BCUT2D eigenvalue weighted by atomic mass is 19.4. The van der Waals surface area contributed by atoms with E-state index >= 15 is 0 Å². The minimum atomic E-state index is -6.36. The molecule has 14 heteroatoms. The molecule has 0 fully saturated rings. The van der Waals surface area contributed by atoms with Crippen LogP contribution in [-0.2, 0) is 9.59 Å². The summed E-state index contributed by atoms with van der Waals surface area (Å²) in [5.41, 5.74) is -2.69. The molecule has 0 unspecified atom stereocenters. The Kier molecular flexibility index (Phi) is 6.48. The number of alkyl halides is 10. The fourth-order valence-electron chi connectivity index (χ4n) is 2.31. The van der Waals surface area contributed by atoms with Crippen molar-refractivity contribution in [2.75, 3.05) is 10.2 Å². The first-order valence-corrected chi connectivity index (χ1v) is 8.21. The Morgan fingerprint density at radius 2 is 1.12 bits per heavy atom. The van der Waals surface area contributed by atoms with Gasteiger partial charge in [-0.3, -0.25) is 14.5 Å². The molecule has 0 aliphatic heterocycles. The number of hydrogen-bond donors (Lipinski definition) is 1. The van der Waals surface area contributed by atoms with Crippen LogP contribution in [0.5, 0.6) is 0 Å². The van der Waals surface area contributed by atoms with Crippen LogP contribution in [0.4, 0.5) is 61.0 Å². The summed E-state index contributed by atoms with van der Waals surface area (Å²) in [6.07, 6.45) is -12.7. The monoisotopic (exact) mass is 476 g/mol. The van der Waals surface area contributed by atoms with Gasteiger partial charge in [0.25, 0.3) is 0 Å². The summed E-state index contributed by atoms with van der Waals surface area (Å²) < 4.78 is 130. The van der Waals surface area contributed by atoms with Gasteiger partial charge in [-0.2, -0.15) is 43.9 Å². The van der Waals surface area contributed by atoms with Crippen LogP contribution in [0.15, 0.2) is 54.6 Å². The van der Waals surface area contributed by atoms with E-state index in [9.17, 15) is 53.5 Å². The predicted molar refractivity (Wildman–Crippen MR) is 90.7 cm³/mol. The van der Waals surface area contributed by atoms with Crippen LogP contribution in [0, 0.1) is 0 Å². The number of para-hydroxylation sites is 3. The van der Waals surface area contributed by atoms with Gasteiger partial charge in [0.05, 0.1) is 11.4 Å². The van der Waals surface area contributed by atoms with Crippen molar-refractivity contribution in [2.24, 2.45) is 0 Å². The van der Waals surface area contributed by atoms with E-state index in [1.807, 2.05) is 0 Å². The van der Waals surface area contributed by atoms with Gasteiger partial charge >= 0.3 is 36.0 Å². The Morgan fingerprint density at radius 1 is 0.656 bits per heavy atom. The highest BCUT2D eigenvalue weighted by Crippen LogP contribution is 2.42. The highest BCUT2D eigenvalue weighted by molar-refractivity contribution is 6.09. The number of hydrogen-bond acceptors (Lipinski definition) is 2. The van der Waals surface area contributed by atoms with E-state index in [0.29, 0.717) is 12.1 Å². The van der Waals surface area contributed by atoms with Crippen molar-refractivity contribution in [1.82, 2.24) is 0 Å². The van der Waals surface area contributed by atoms with E-state index in [1.165, 1.54) is 6.07 Å². The molecule has 2 amide bonds. The zero-order valence-electron chi connectivity index (χ0n) is 15.2. The van der Waals surface area contributed by atoms with Crippen LogP contribution in [0.1, 0.15) is 0 Å². The van der Waals surface area contributed by atoms with Gasteiger partial charge in [0, 0.05) is 5.69 Å². The van der Waals surface area contributed by atoms with Crippen molar-refractivity contribution < 1.29 is 53.5 Å². The fourth-order valence-corrected chi connectivity index (χ4v) is 2.31. The summed E-state index contributed by atoms with van der Waals surface area (Å²) in [5.74, 6) is -17.7. The lowest BCUT2D eigenvalue weighted by Crippen LogP contribution is -2.51. The number of nitrogens with zero attached hydrogens (tertiary/aromatic N) is 1. The number of carbonyl (C=O) groups is 2. The molecule has 0 heterocycles. The number of rotatable bonds is 5. The zero-order chi connectivity index (χ0) is 24.5. The number of halogens is 10. The molecule has 0 atom stereocenters. The molecule has 0 spiro atoms. The number of nitrogens with one attached hydrogen (secondary N) is 1. The average molecular weight is 476 g/mol. The summed E-state index contributed by atoms with van der Waals surface area (Å²) in [6, 6.07) is 8.54. The number of anilines is 3. The Hall–Kier alpha value is -3.32. The summed E-state index contributed by atoms with van der Waals surface area (Å²) in [6.45, 7) is 0. The molecule has 0 aromatic heterocycles. The largest absolute Gasteiger partial charge is 0.463 e. The van der Waals surface area contributed by atoms with Crippen molar-refractivity contribution in [3.05, 3.63) is 54.6 Å². The molecule has 0 aliphatic carbocycles. The Bertz CT molecular complexity index is 987. The highest BCUT2D eigenvalue weighted by Gasteiger charge is 2.65. The van der Waals surface area contributed by atoms with Crippen LogP contribution >= 0.6 is 0 Å². The molecule has 0 saturated heterocycles. The number of benzene rings is 2. The average Bonchev–Trinajstić information content (AvgIpc) is 2.68. The number of amides is 2. The molecule has 2 aromatic rings. The summed E-state index contributed by atoms with van der Waals surface area (Å²) in [7, 11) is 0. The van der Waals surface area contributed by atoms with E-state index in [1.54, 1.807) is 0 Å². The molecule has 1 N–H and O–H groups in total. The quantitative estimate of drug-likeness (QED) is 0.565. The minimum Gasteiger partial charge on any atom is -0.319 e. The molecule has 32 heavy (non-hydrogen) atoms. The first-order chi connectivity index (χ1) is 14.5. The van der Waals surface area contributed by atoms with Gasteiger partial charge in [-0.1, -0.05) is 30.3 Å². The Morgan fingerprint density at radius 3 is 1.62 bits per heavy atom. The van der Waals surface area contributed by atoms with Gasteiger partial charge in [0.15, 0.2) is 0 Å². The second-order valence-corrected chi connectivity index (χ2v) is 6.09. The molecule has 2 aromatic carbocycles. The van der Waals surface area contributed by atoms with Crippen molar-refractivity contribution in [1.29, 1.82) is 0 Å². The van der Waals surface area contributed by atoms with Gasteiger partial charge in [0.2, 0.25) is 0 Å². The second-order valence-electron chi connectivity index (χ2n) is 6.09. The van der Waals surface area contributed by atoms with Gasteiger partial charge in [-0.05, 0) is 24.3 Å². The topological polar surface area (TPSA) is 49.4 Å². The van der Waals surface area contributed by atoms with Crippen LogP contribution in [0.3, 0.4) is 0 Å². The van der Waals surface area contributed by atoms with Gasteiger partial charge < -0.3 is 5.32 Å². The summed E-state index contributed by atoms with van der Waals surface area (Å²) in [4.78, 5) is 23.5. The fraction of sp³-hybridized carbons (Fsp3) is 0.222. The van der Waals surface area contributed by atoms with Crippen LogP contribution in [0.2, 0.25) is 0 Å². The Labute approximate surface area is 172 Å². The lowest BCUT2D eigenvalue weighted by Gasteiger charge is -2.30. The van der Waals surface area contributed by atoms with Crippen LogP contribution in [0.25, 0.3) is 0 Å². The first-order valence-electron chi connectivity index (χ1n) is 8.21. The van der Waals surface area contributed by atoms with E-state index in [0.717, 1.165) is 41.7 Å². The van der Waals surface area contributed by atoms with Crippen molar-refractivity contribution in [2.45, 2.75) is 24.2 Å². The van der Waals surface area contributed by atoms with E-state index < -0.39 is 53.1 Å². The maximum Gasteiger partial charge on any atom is 0.463 e. The van der Waals surface area contributed by atoms with Crippen molar-refractivity contribution >= 4 is 28.9 Å². The molecule has 174 valence electrons. The van der Waals surface area contributed by atoms with E-state index in [4.69, 9.17) is 0 Å². The minimum absolute atomic E-state index is 0.255. The lowest BCUT2D eigenvalue weighted by molar-refractivity contribution is -0.268. The van der Waals surface area contributed by atoms with Crippen LogP contribution < -0.4 is 10.2 Å². The summed E-state index contributed by atoms with van der Waals surface area (Å²) >= 11 is 0. The lowest BCUT2D eigenvalue weighted by atomic mass is 10.1. The third-order valence-corrected chi connectivity index (χ3v) is 3.88. The molecule has 2 rings (SSSR count). The second kappa shape index (κ2) is 8.31. The predicted octanol–water partition coefficient (Wildman–Crippen LogP) is 5.69. The maximum absolute atomic E-state index is 13.8. The smallest absolute Gasteiger partial charge is 0.319 e. The third-order valence-electron chi connectivity index (χ3n) is 3.88. The molecule has 4 nitrogen and oxygen atoms in total. The van der Waals surface area contributed by atoms with Crippen LogP contribution in [-0.4, -0.2) is 36.0 Å². The molecule has 0 saturated carbocycles. The van der Waals surface area contributed by atoms with Crippen molar-refractivity contribution in [3.63, 3.8) is 0 Å². The molecular formula is C18H10F10N2O2. The molecular weight excluding hydrogens is 466 g/mol. The van der Waals surface area contributed by atoms with Crippen molar-refractivity contribution in [3.8, 4) is 0 Å². The first kappa shape index (κ1) is 24.9. The zero-order valence-corrected chi connectivity index (χ0v) is 15.2. The Balaban J connectivity index is 2.63. The molecule has 0 radical (unpaired) electrons. The summed E-state index contributed by atoms with van der Waals surface area (Å²) in [5, 5.41) is 1.12. The SMILES string of the molecule is O=C(Nc1ccccc1N(C(=O)C(F)(F)C(F)(F)F)c1ccccc1)C(F)(F)C(F)(F)F. The van der Waals surface area contributed by atoms with E-state index in [2.05, 4.69) is 0 Å². The van der Waals surface area contributed by atoms with Gasteiger partial charge in [-0.25, -0.2) is 0 Å². The van der Waals surface area contributed by atoms with Gasteiger partial charge in [0.1, 0.15) is 0 Å². The molecule has 0 bridgehead atoms. The number of carbonyl (C=O) groups excluding carboxylic acids is 2. The van der Waals surface area contributed by atoms with Gasteiger partial charge in [-0.15, -0.1) is 0 Å². The van der Waals surface area contributed by atoms with E-state index in [-0.39, 0.29) is 4.90 Å².